The molecule has 2 aliphatic heterocycles. The van der Waals surface area contributed by atoms with Crippen molar-refractivity contribution in [1.29, 1.82) is 0 Å². The van der Waals surface area contributed by atoms with E-state index in [1.165, 1.54) is 75.3 Å². The third kappa shape index (κ3) is 12.1. The molecule has 10 nitrogen and oxygen atoms in total. The van der Waals surface area contributed by atoms with Crippen molar-refractivity contribution in [2.45, 2.75) is 127 Å². The van der Waals surface area contributed by atoms with Crippen LogP contribution in [-0.4, -0.2) is 84.1 Å². The fourth-order valence-electron chi connectivity index (χ4n) is 9.53. The first kappa shape index (κ1) is 44.1. The lowest BCUT2D eigenvalue weighted by molar-refractivity contribution is -0.133. The van der Waals surface area contributed by atoms with Gasteiger partial charge in [-0.25, -0.2) is 0 Å². The summed E-state index contributed by atoms with van der Waals surface area (Å²) in [6.45, 7) is 4.09. The zero-order valence-electron chi connectivity index (χ0n) is 36.2. The summed E-state index contributed by atoms with van der Waals surface area (Å²) in [4.78, 5) is 71.4. The molecule has 61 heavy (non-hydrogen) atoms. The lowest BCUT2D eigenvalue weighted by Gasteiger charge is -2.18. The average Bonchev–Trinajstić information content (AvgIpc) is 4.11. The topological polar surface area (TPSA) is 128 Å². The van der Waals surface area contributed by atoms with Crippen LogP contribution in [0.3, 0.4) is 0 Å². The molecule has 7 atom stereocenters. The maximum Gasteiger partial charge on any atom is 0.253 e. The first-order valence-corrected chi connectivity index (χ1v) is 23.5. The van der Waals surface area contributed by atoms with Crippen molar-refractivity contribution < 1.29 is 24.0 Å². The highest BCUT2D eigenvalue weighted by Gasteiger charge is 2.49. The molecule has 2 aliphatic carbocycles. The maximum absolute atomic E-state index is 13.9. The molecule has 0 spiro atoms. The number of rotatable bonds is 22. The second-order valence-electron chi connectivity index (χ2n) is 18.2. The summed E-state index contributed by atoms with van der Waals surface area (Å²) < 4.78 is 0. The van der Waals surface area contributed by atoms with Gasteiger partial charge in [0.1, 0.15) is 0 Å². The minimum Gasteiger partial charge on any atom is -0.356 e. The van der Waals surface area contributed by atoms with E-state index in [0.29, 0.717) is 37.2 Å². The zero-order chi connectivity index (χ0) is 42.6. The Hall–Kier alpha value is -4.99. The smallest absolute Gasteiger partial charge is 0.253 e. The lowest BCUT2D eigenvalue weighted by atomic mass is 9.94. The third-order valence-electron chi connectivity index (χ3n) is 13.5. The molecule has 2 heterocycles. The van der Waals surface area contributed by atoms with E-state index < -0.39 is 11.8 Å². The van der Waals surface area contributed by atoms with Crippen LogP contribution >= 0.6 is 0 Å². The van der Waals surface area contributed by atoms with Crippen molar-refractivity contribution in [2.24, 2.45) is 17.8 Å². The van der Waals surface area contributed by atoms with Crippen LogP contribution < -0.4 is 16.0 Å². The molecule has 0 bridgehead atoms. The minimum atomic E-state index is -0.680. The van der Waals surface area contributed by atoms with E-state index in [0.717, 1.165) is 25.7 Å². The molecule has 2 saturated heterocycles. The number of amides is 5. The number of hydrogen-bond donors (Lipinski definition) is 3. The minimum absolute atomic E-state index is 0.00340. The molecule has 4 fully saturated rings. The van der Waals surface area contributed by atoms with Crippen LogP contribution in [0.1, 0.15) is 147 Å². The molecular weight excluding hydrogens is 763 g/mol. The van der Waals surface area contributed by atoms with E-state index in [9.17, 15) is 24.0 Å². The summed E-state index contributed by atoms with van der Waals surface area (Å²) in [5.41, 5.74) is 3.22. The molecular formula is C51H67N5O5. The Balaban J connectivity index is 0.863. The Morgan fingerprint density at radius 1 is 0.525 bits per heavy atom. The molecule has 7 rings (SSSR count). The number of nitrogens with zero attached hydrogens (tertiary/aromatic N) is 2. The summed E-state index contributed by atoms with van der Waals surface area (Å²) >= 11 is 0. The van der Waals surface area contributed by atoms with Crippen LogP contribution in [0.25, 0.3) is 0 Å². The van der Waals surface area contributed by atoms with Crippen LogP contribution in [0.4, 0.5) is 0 Å². The molecule has 3 aromatic rings. The standard InChI is InChI=1S/C51H67N5O5/c1-2-3-4-5-6-7-8-9-10-11-12-19-29-52-47(57)40-28-30-55(33-40)50(60)38-24-26-39(27-25-38)51(61)56-34-43(48(58)53-45-31-41(45)36-20-15-13-16-21-36)44(35-56)49(59)54-46-32-42(46)37-22-17-14-18-23-37/h13-18,20-27,40-46H,2-12,19,28-35H2,1H3,(H,52,57)(H,53,58)(H,54,59)/t40-,41+,42+,43?,44?,45-,46-/m0/s1. The van der Waals surface area contributed by atoms with E-state index in [-0.39, 0.29) is 72.5 Å². The number of unbranched alkanes of at least 4 members (excludes halogenated alkanes) is 11. The van der Waals surface area contributed by atoms with Gasteiger partial charge in [-0.05, 0) is 61.1 Å². The summed E-state index contributed by atoms with van der Waals surface area (Å²) in [7, 11) is 0. The van der Waals surface area contributed by atoms with E-state index in [2.05, 4.69) is 47.1 Å². The third-order valence-corrected chi connectivity index (χ3v) is 13.5. The molecule has 2 saturated carbocycles. The van der Waals surface area contributed by atoms with Gasteiger partial charge >= 0.3 is 0 Å². The Morgan fingerprint density at radius 2 is 0.967 bits per heavy atom. The van der Waals surface area contributed by atoms with E-state index in [1.807, 2.05) is 36.4 Å². The van der Waals surface area contributed by atoms with E-state index in [4.69, 9.17) is 0 Å². The molecule has 3 N–H and O–H groups in total. The highest BCUT2D eigenvalue weighted by Crippen LogP contribution is 2.42. The molecule has 2 unspecified atom stereocenters. The highest BCUT2D eigenvalue weighted by atomic mass is 16.2. The summed E-state index contributed by atoms with van der Waals surface area (Å²) in [6, 6.07) is 26.9. The first-order valence-electron chi connectivity index (χ1n) is 23.5. The molecule has 5 amide bonds. The average molecular weight is 830 g/mol. The molecule has 0 radical (unpaired) electrons. The van der Waals surface area contributed by atoms with Gasteiger partial charge < -0.3 is 25.8 Å². The van der Waals surface area contributed by atoms with Crippen LogP contribution in [0.2, 0.25) is 0 Å². The van der Waals surface area contributed by atoms with Crippen LogP contribution in [0.15, 0.2) is 84.9 Å². The lowest BCUT2D eigenvalue weighted by Crippen LogP contribution is -2.43. The fourth-order valence-corrected chi connectivity index (χ4v) is 9.53. The number of benzene rings is 3. The highest BCUT2D eigenvalue weighted by molar-refractivity contribution is 5.99. The van der Waals surface area contributed by atoms with Crippen LogP contribution in [-0.2, 0) is 14.4 Å². The molecule has 4 aliphatic rings. The normalized spacial score (nSPS) is 24.0. The summed E-state index contributed by atoms with van der Waals surface area (Å²) in [5, 5.41) is 9.49. The Morgan fingerprint density at radius 3 is 1.44 bits per heavy atom. The predicted molar refractivity (Wildman–Crippen MR) is 239 cm³/mol. The van der Waals surface area contributed by atoms with Gasteiger partial charge in [-0.1, -0.05) is 138 Å². The van der Waals surface area contributed by atoms with Gasteiger partial charge in [0.2, 0.25) is 17.7 Å². The van der Waals surface area contributed by atoms with Gasteiger partial charge in [0.05, 0.1) is 17.8 Å². The number of likely N-dealkylation sites (tertiary alicyclic amines) is 2. The SMILES string of the molecule is CCCCCCCCCCCCCCNC(=O)[C@H]1CCN(C(=O)c2ccc(C(=O)N3CC(C(=O)N[C@H]4C[C@@H]4c4ccccc4)C(C(=O)N[C@H]4C[C@@H]4c4ccccc4)C3)cc2)C1. The van der Waals surface area contributed by atoms with Gasteiger partial charge in [0, 0.05) is 67.8 Å². The largest absolute Gasteiger partial charge is 0.356 e. The van der Waals surface area contributed by atoms with Gasteiger partial charge in [-0.2, -0.15) is 0 Å². The van der Waals surface area contributed by atoms with Gasteiger partial charge in [-0.15, -0.1) is 0 Å². The number of carbonyl (C=O) groups is 5. The zero-order valence-corrected chi connectivity index (χ0v) is 36.2. The van der Waals surface area contributed by atoms with Crippen molar-refractivity contribution in [2.75, 3.05) is 32.7 Å². The molecule has 10 heteroatoms. The number of hydrogen-bond acceptors (Lipinski definition) is 5. The van der Waals surface area contributed by atoms with Crippen molar-refractivity contribution in [3.05, 3.63) is 107 Å². The van der Waals surface area contributed by atoms with Gasteiger partial charge in [-0.3, -0.25) is 24.0 Å². The van der Waals surface area contributed by atoms with Crippen molar-refractivity contribution >= 4 is 29.5 Å². The van der Waals surface area contributed by atoms with Gasteiger partial charge in [0.25, 0.3) is 11.8 Å². The Bertz CT molecular complexity index is 1850. The van der Waals surface area contributed by atoms with Crippen molar-refractivity contribution in [3.63, 3.8) is 0 Å². The monoisotopic (exact) mass is 830 g/mol. The summed E-state index contributed by atoms with van der Waals surface area (Å²) in [6.07, 6.45) is 17.7. The van der Waals surface area contributed by atoms with Gasteiger partial charge in [0.15, 0.2) is 0 Å². The second-order valence-corrected chi connectivity index (χ2v) is 18.2. The van der Waals surface area contributed by atoms with E-state index in [1.54, 1.807) is 34.1 Å². The van der Waals surface area contributed by atoms with Crippen molar-refractivity contribution in [1.82, 2.24) is 25.8 Å². The molecule has 0 aromatic heterocycles. The first-order chi connectivity index (χ1) is 29.8. The molecule has 3 aromatic carbocycles. The fraction of sp³-hybridized carbons (Fsp3) is 0.549. The van der Waals surface area contributed by atoms with E-state index >= 15 is 0 Å². The Labute approximate surface area is 363 Å². The predicted octanol–water partition coefficient (Wildman–Crippen LogP) is 8.00. The van der Waals surface area contributed by atoms with Crippen molar-refractivity contribution in [3.8, 4) is 0 Å². The molecule has 326 valence electrons. The quantitative estimate of drug-likeness (QED) is 0.0886. The second kappa shape index (κ2) is 21.7. The maximum atomic E-state index is 13.9. The Kier molecular flexibility index (Phi) is 15.7. The van der Waals surface area contributed by atoms with Crippen LogP contribution in [0.5, 0.6) is 0 Å². The summed E-state index contributed by atoms with van der Waals surface area (Å²) in [5.74, 6) is -1.91. The number of carbonyl (C=O) groups excluding carboxylic acids is 5. The van der Waals surface area contributed by atoms with Crippen LogP contribution in [0, 0.1) is 17.8 Å². The number of nitrogens with one attached hydrogen (secondary N) is 3.